The number of urea groups is 1. The van der Waals surface area contributed by atoms with E-state index >= 15 is 0 Å². The standard InChI is InChI=1S/C23H25FN4O3/c24-17-8-10-18(11-9-17)26-20(29)15-28-21-19(7-4-13-25-21)22(30)27(23(28)31)14-12-16-5-2-1-3-6-16/h1-3,5-6,8-11,19,21,25H,4,7,12-15H2,(H,26,29). The molecule has 2 aliphatic heterocycles. The minimum Gasteiger partial charge on any atom is -0.325 e. The highest BCUT2D eigenvalue weighted by molar-refractivity contribution is 6.01. The summed E-state index contributed by atoms with van der Waals surface area (Å²) in [5.74, 6) is -1.36. The molecular weight excluding hydrogens is 399 g/mol. The van der Waals surface area contributed by atoms with Crippen LogP contribution in [0.3, 0.4) is 0 Å². The number of carbonyl (C=O) groups is 3. The van der Waals surface area contributed by atoms with Gasteiger partial charge in [0.2, 0.25) is 11.8 Å². The lowest BCUT2D eigenvalue weighted by molar-refractivity contribution is -0.142. The van der Waals surface area contributed by atoms with Gasteiger partial charge in [0.15, 0.2) is 0 Å². The van der Waals surface area contributed by atoms with E-state index in [2.05, 4.69) is 10.6 Å². The molecule has 2 aliphatic rings. The monoisotopic (exact) mass is 424 g/mol. The lowest BCUT2D eigenvalue weighted by atomic mass is 9.91. The fraction of sp³-hybridized carbons (Fsp3) is 0.348. The van der Waals surface area contributed by atoms with Gasteiger partial charge in [0.05, 0.1) is 12.1 Å². The molecule has 4 amide bonds. The first kappa shape index (κ1) is 21.0. The zero-order valence-corrected chi connectivity index (χ0v) is 17.1. The summed E-state index contributed by atoms with van der Waals surface area (Å²) in [5, 5.41) is 5.92. The Morgan fingerprint density at radius 3 is 2.58 bits per heavy atom. The average Bonchev–Trinajstić information content (AvgIpc) is 2.79. The van der Waals surface area contributed by atoms with Crippen LogP contribution in [0.2, 0.25) is 0 Å². The van der Waals surface area contributed by atoms with Crippen LogP contribution in [0.5, 0.6) is 0 Å². The summed E-state index contributed by atoms with van der Waals surface area (Å²) in [5.41, 5.74) is 1.48. The predicted molar refractivity (Wildman–Crippen MR) is 114 cm³/mol. The zero-order chi connectivity index (χ0) is 21.8. The van der Waals surface area contributed by atoms with Crippen LogP contribution in [0.4, 0.5) is 14.9 Å². The molecule has 0 saturated carbocycles. The van der Waals surface area contributed by atoms with Crippen molar-refractivity contribution in [1.82, 2.24) is 15.1 Å². The van der Waals surface area contributed by atoms with E-state index < -0.39 is 23.9 Å². The highest BCUT2D eigenvalue weighted by atomic mass is 19.1. The lowest BCUT2D eigenvalue weighted by Crippen LogP contribution is -2.68. The van der Waals surface area contributed by atoms with Crippen molar-refractivity contribution in [2.24, 2.45) is 5.92 Å². The number of fused-ring (bicyclic) bond motifs is 1. The van der Waals surface area contributed by atoms with Gasteiger partial charge in [0.1, 0.15) is 12.4 Å². The summed E-state index contributed by atoms with van der Waals surface area (Å²) in [6.07, 6.45) is 1.56. The minimum absolute atomic E-state index is 0.187. The van der Waals surface area contributed by atoms with Crippen molar-refractivity contribution >= 4 is 23.5 Å². The number of nitrogens with one attached hydrogen (secondary N) is 2. The van der Waals surface area contributed by atoms with Crippen molar-refractivity contribution < 1.29 is 18.8 Å². The van der Waals surface area contributed by atoms with Gasteiger partial charge in [-0.05, 0) is 55.6 Å². The Bertz CT molecular complexity index is 951. The van der Waals surface area contributed by atoms with E-state index in [4.69, 9.17) is 0 Å². The van der Waals surface area contributed by atoms with Gasteiger partial charge in [-0.2, -0.15) is 0 Å². The highest BCUT2D eigenvalue weighted by Crippen LogP contribution is 2.28. The second-order valence-electron chi connectivity index (χ2n) is 7.84. The summed E-state index contributed by atoms with van der Waals surface area (Å²) in [4.78, 5) is 41.6. The maximum atomic E-state index is 13.2. The molecule has 2 unspecified atom stereocenters. The van der Waals surface area contributed by atoms with Crippen LogP contribution in [0, 0.1) is 11.7 Å². The third-order valence-electron chi connectivity index (χ3n) is 5.73. The molecule has 2 heterocycles. The molecule has 0 aromatic heterocycles. The van der Waals surface area contributed by atoms with Crippen molar-refractivity contribution in [1.29, 1.82) is 0 Å². The number of hydrogen-bond acceptors (Lipinski definition) is 4. The van der Waals surface area contributed by atoms with Crippen LogP contribution in [0.1, 0.15) is 18.4 Å². The van der Waals surface area contributed by atoms with E-state index in [1.54, 1.807) is 0 Å². The normalized spacial score (nSPS) is 21.1. The Morgan fingerprint density at radius 1 is 1.10 bits per heavy atom. The van der Waals surface area contributed by atoms with E-state index in [0.717, 1.165) is 12.0 Å². The molecule has 0 aliphatic carbocycles. The maximum absolute atomic E-state index is 13.2. The molecule has 4 rings (SSSR count). The molecule has 0 spiro atoms. The molecular formula is C23H25FN4O3. The Labute approximate surface area is 180 Å². The maximum Gasteiger partial charge on any atom is 0.328 e. The van der Waals surface area contributed by atoms with Gasteiger partial charge in [0.25, 0.3) is 0 Å². The first-order valence-corrected chi connectivity index (χ1v) is 10.5. The van der Waals surface area contributed by atoms with E-state index in [-0.39, 0.29) is 24.9 Å². The zero-order valence-electron chi connectivity index (χ0n) is 17.1. The summed E-state index contributed by atoms with van der Waals surface area (Å²) in [6.45, 7) is 0.752. The molecule has 162 valence electrons. The van der Waals surface area contributed by atoms with E-state index in [0.29, 0.717) is 25.1 Å². The molecule has 2 saturated heterocycles. The second-order valence-corrected chi connectivity index (χ2v) is 7.84. The van der Waals surface area contributed by atoms with Crippen molar-refractivity contribution in [2.45, 2.75) is 25.4 Å². The highest BCUT2D eigenvalue weighted by Gasteiger charge is 2.47. The summed E-state index contributed by atoms with van der Waals surface area (Å²) < 4.78 is 13.1. The quantitative estimate of drug-likeness (QED) is 0.747. The molecule has 31 heavy (non-hydrogen) atoms. The average molecular weight is 424 g/mol. The molecule has 2 aromatic rings. The third kappa shape index (κ3) is 4.74. The molecule has 0 bridgehead atoms. The Kier molecular flexibility index (Phi) is 6.27. The van der Waals surface area contributed by atoms with Crippen LogP contribution in [0.25, 0.3) is 0 Å². The van der Waals surface area contributed by atoms with Gasteiger partial charge >= 0.3 is 6.03 Å². The predicted octanol–water partition coefficient (Wildman–Crippen LogP) is 2.60. The van der Waals surface area contributed by atoms with Gasteiger partial charge in [-0.1, -0.05) is 30.3 Å². The number of benzene rings is 2. The van der Waals surface area contributed by atoms with Crippen molar-refractivity contribution in [3.8, 4) is 0 Å². The molecule has 7 nitrogen and oxygen atoms in total. The van der Waals surface area contributed by atoms with E-state index in [1.807, 2.05) is 30.3 Å². The number of carbonyl (C=O) groups excluding carboxylic acids is 3. The molecule has 2 fully saturated rings. The molecule has 0 radical (unpaired) electrons. The van der Waals surface area contributed by atoms with Gasteiger partial charge in [-0.25, -0.2) is 9.18 Å². The van der Waals surface area contributed by atoms with E-state index in [1.165, 1.54) is 34.1 Å². The van der Waals surface area contributed by atoms with Crippen LogP contribution < -0.4 is 10.6 Å². The van der Waals surface area contributed by atoms with Crippen molar-refractivity contribution in [2.75, 3.05) is 25.0 Å². The number of hydrogen-bond donors (Lipinski definition) is 2. The fourth-order valence-corrected chi connectivity index (χ4v) is 4.17. The van der Waals surface area contributed by atoms with Gasteiger partial charge < -0.3 is 5.32 Å². The number of piperidine rings is 1. The number of rotatable bonds is 6. The van der Waals surface area contributed by atoms with Gasteiger partial charge in [-0.3, -0.25) is 24.7 Å². The first-order chi connectivity index (χ1) is 15.0. The first-order valence-electron chi connectivity index (χ1n) is 10.5. The molecule has 2 atom stereocenters. The second kappa shape index (κ2) is 9.26. The van der Waals surface area contributed by atoms with Gasteiger partial charge in [0, 0.05) is 12.2 Å². The number of nitrogens with zero attached hydrogens (tertiary/aromatic N) is 2. The van der Waals surface area contributed by atoms with Crippen molar-refractivity contribution in [3.63, 3.8) is 0 Å². The van der Waals surface area contributed by atoms with Gasteiger partial charge in [-0.15, -0.1) is 0 Å². The molecule has 2 N–H and O–H groups in total. The SMILES string of the molecule is O=C(CN1C(=O)N(CCc2ccccc2)C(=O)C2CCCNC21)Nc1ccc(F)cc1. The van der Waals surface area contributed by atoms with Crippen LogP contribution in [-0.4, -0.2) is 53.4 Å². The number of imide groups is 1. The fourth-order valence-electron chi connectivity index (χ4n) is 4.17. The summed E-state index contributed by atoms with van der Waals surface area (Å²) >= 11 is 0. The number of halogens is 1. The van der Waals surface area contributed by atoms with E-state index in [9.17, 15) is 18.8 Å². The smallest absolute Gasteiger partial charge is 0.325 e. The van der Waals surface area contributed by atoms with Crippen LogP contribution >= 0.6 is 0 Å². The molecule has 8 heteroatoms. The third-order valence-corrected chi connectivity index (χ3v) is 5.73. The Balaban J connectivity index is 1.48. The summed E-state index contributed by atoms with van der Waals surface area (Å²) in [6, 6.07) is 14.6. The minimum atomic E-state index is -0.499. The topological polar surface area (TPSA) is 81.8 Å². The molecule has 2 aromatic carbocycles. The van der Waals surface area contributed by atoms with Crippen LogP contribution in [0.15, 0.2) is 54.6 Å². The lowest BCUT2D eigenvalue weighted by Gasteiger charge is -2.46. The van der Waals surface area contributed by atoms with Crippen LogP contribution in [-0.2, 0) is 16.0 Å². The number of anilines is 1. The largest absolute Gasteiger partial charge is 0.328 e. The Morgan fingerprint density at radius 2 is 1.84 bits per heavy atom. The summed E-state index contributed by atoms with van der Waals surface area (Å²) in [7, 11) is 0. The van der Waals surface area contributed by atoms with Crippen molar-refractivity contribution in [3.05, 3.63) is 66.0 Å². The number of amides is 4. The Hall–Kier alpha value is -3.26.